The molecule has 2 aliphatic heterocycles. The van der Waals surface area contributed by atoms with Gasteiger partial charge in [0.15, 0.2) is 0 Å². The third kappa shape index (κ3) is 2.43. The monoisotopic (exact) mass is 295 g/mol. The Bertz CT molecular complexity index is 582. The molecule has 1 fully saturated rings. The number of fused-ring (bicyclic) bond motifs is 1. The topological polar surface area (TPSA) is 52.7 Å². The lowest BCUT2D eigenvalue weighted by Crippen LogP contribution is -2.53. The summed E-state index contributed by atoms with van der Waals surface area (Å²) in [6.07, 6.45) is 0.948. The van der Waals surface area contributed by atoms with E-state index in [1.807, 2.05) is 24.3 Å². The Morgan fingerprint density at radius 1 is 1.20 bits per heavy atom. The molecule has 0 spiro atoms. The van der Waals surface area contributed by atoms with Gasteiger partial charge in [-0.2, -0.15) is 12.7 Å². The highest BCUT2D eigenvalue weighted by Crippen LogP contribution is 2.32. The summed E-state index contributed by atoms with van der Waals surface area (Å²) in [4.78, 5) is 0. The van der Waals surface area contributed by atoms with Crippen molar-refractivity contribution in [3.8, 4) is 0 Å². The van der Waals surface area contributed by atoms with Crippen LogP contribution in [0.5, 0.6) is 0 Å². The number of piperazine rings is 1. The van der Waals surface area contributed by atoms with E-state index >= 15 is 0 Å². The molecule has 0 aromatic heterocycles. The summed E-state index contributed by atoms with van der Waals surface area (Å²) in [5.41, 5.74) is 1.98. The number of para-hydroxylation sites is 1. The fraction of sp³-hybridized carbons (Fsp3) is 0.571. The minimum Gasteiger partial charge on any atom is -0.314 e. The quantitative estimate of drug-likeness (QED) is 0.879. The second kappa shape index (κ2) is 5.35. The second-order valence-electron chi connectivity index (χ2n) is 5.63. The predicted molar refractivity (Wildman–Crippen MR) is 80.0 cm³/mol. The molecule has 1 atom stereocenters. The van der Waals surface area contributed by atoms with Crippen LogP contribution in [0.2, 0.25) is 0 Å². The molecule has 5 nitrogen and oxygen atoms in total. The van der Waals surface area contributed by atoms with Crippen molar-refractivity contribution in [1.29, 1.82) is 0 Å². The lowest BCUT2D eigenvalue weighted by molar-refractivity contribution is 0.356. The summed E-state index contributed by atoms with van der Waals surface area (Å²) in [5, 5.41) is 3.19. The van der Waals surface area contributed by atoms with Crippen molar-refractivity contribution in [1.82, 2.24) is 9.62 Å². The van der Waals surface area contributed by atoms with Gasteiger partial charge in [-0.15, -0.1) is 0 Å². The summed E-state index contributed by atoms with van der Waals surface area (Å²) in [7, 11) is -3.40. The summed E-state index contributed by atoms with van der Waals surface area (Å²) < 4.78 is 28.9. The van der Waals surface area contributed by atoms with Gasteiger partial charge in [0.25, 0.3) is 0 Å². The molecule has 110 valence electrons. The summed E-state index contributed by atoms with van der Waals surface area (Å²) >= 11 is 0. The van der Waals surface area contributed by atoms with Crippen LogP contribution in [0, 0.1) is 5.92 Å². The first-order valence-electron chi connectivity index (χ1n) is 7.15. The first kappa shape index (κ1) is 13.9. The Hall–Kier alpha value is -1.11. The van der Waals surface area contributed by atoms with E-state index in [0.717, 1.165) is 30.8 Å². The van der Waals surface area contributed by atoms with Gasteiger partial charge in [0.1, 0.15) is 0 Å². The van der Waals surface area contributed by atoms with E-state index in [-0.39, 0.29) is 0 Å². The minimum absolute atomic E-state index is 0.350. The van der Waals surface area contributed by atoms with Crippen LogP contribution in [0.3, 0.4) is 0 Å². The second-order valence-corrected chi connectivity index (χ2v) is 7.48. The average molecular weight is 295 g/mol. The molecule has 2 aliphatic rings. The highest BCUT2D eigenvalue weighted by Gasteiger charge is 2.35. The van der Waals surface area contributed by atoms with Gasteiger partial charge in [-0.3, -0.25) is 4.31 Å². The van der Waals surface area contributed by atoms with Crippen molar-refractivity contribution >= 4 is 15.9 Å². The SMILES string of the molecule is CC1Cc2ccccc2N(S(=O)(=O)N2CCNCC2)C1. The van der Waals surface area contributed by atoms with Crippen LogP contribution in [-0.2, 0) is 16.6 Å². The van der Waals surface area contributed by atoms with E-state index in [2.05, 4.69) is 12.2 Å². The zero-order chi connectivity index (χ0) is 14.2. The van der Waals surface area contributed by atoms with Crippen LogP contribution in [-0.4, -0.2) is 45.4 Å². The fourth-order valence-electron chi connectivity index (χ4n) is 2.98. The van der Waals surface area contributed by atoms with E-state index < -0.39 is 10.2 Å². The van der Waals surface area contributed by atoms with Crippen LogP contribution in [0.1, 0.15) is 12.5 Å². The molecule has 1 unspecified atom stereocenters. The van der Waals surface area contributed by atoms with Crippen molar-refractivity contribution in [3.63, 3.8) is 0 Å². The minimum atomic E-state index is -3.40. The highest BCUT2D eigenvalue weighted by atomic mass is 32.2. The lowest BCUT2D eigenvalue weighted by Gasteiger charge is -2.38. The highest BCUT2D eigenvalue weighted by molar-refractivity contribution is 7.90. The molecule has 1 saturated heterocycles. The number of anilines is 1. The van der Waals surface area contributed by atoms with Gasteiger partial charge in [-0.05, 0) is 24.0 Å². The van der Waals surface area contributed by atoms with Crippen molar-refractivity contribution in [3.05, 3.63) is 29.8 Å². The molecule has 1 N–H and O–H groups in total. The zero-order valence-corrected chi connectivity index (χ0v) is 12.6. The molecule has 0 aliphatic carbocycles. The fourth-order valence-corrected chi connectivity index (χ4v) is 4.77. The van der Waals surface area contributed by atoms with Gasteiger partial charge in [0.05, 0.1) is 5.69 Å². The summed E-state index contributed by atoms with van der Waals surface area (Å²) in [5.74, 6) is 0.350. The van der Waals surface area contributed by atoms with Crippen molar-refractivity contribution in [2.24, 2.45) is 5.92 Å². The summed E-state index contributed by atoms with van der Waals surface area (Å²) in [6.45, 7) is 5.23. The average Bonchev–Trinajstić information content (AvgIpc) is 2.47. The van der Waals surface area contributed by atoms with Crippen LogP contribution in [0.15, 0.2) is 24.3 Å². The Kier molecular flexibility index (Phi) is 3.70. The predicted octanol–water partition coefficient (Wildman–Crippen LogP) is 0.835. The van der Waals surface area contributed by atoms with E-state index in [1.165, 1.54) is 0 Å². The van der Waals surface area contributed by atoms with Crippen molar-refractivity contribution < 1.29 is 8.42 Å². The Morgan fingerprint density at radius 3 is 2.65 bits per heavy atom. The molecule has 2 heterocycles. The number of nitrogens with zero attached hydrogens (tertiary/aromatic N) is 2. The molecule has 3 rings (SSSR count). The third-order valence-corrected chi connectivity index (χ3v) is 5.91. The Morgan fingerprint density at radius 2 is 1.90 bits per heavy atom. The maximum Gasteiger partial charge on any atom is 0.304 e. The van der Waals surface area contributed by atoms with E-state index in [0.29, 0.717) is 25.6 Å². The molecule has 0 amide bonds. The molecule has 20 heavy (non-hydrogen) atoms. The molecule has 1 aromatic carbocycles. The maximum absolute atomic E-state index is 12.9. The summed E-state index contributed by atoms with van der Waals surface area (Å²) in [6, 6.07) is 7.84. The van der Waals surface area contributed by atoms with E-state index in [9.17, 15) is 8.42 Å². The molecule has 1 aromatic rings. The zero-order valence-electron chi connectivity index (χ0n) is 11.7. The van der Waals surface area contributed by atoms with Gasteiger partial charge >= 0.3 is 10.2 Å². The number of hydrogen-bond acceptors (Lipinski definition) is 3. The normalized spacial score (nSPS) is 24.4. The van der Waals surface area contributed by atoms with Crippen molar-refractivity contribution in [2.75, 3.05) is 37.0 Å². The Balaban J connectivity index is 1.96. The molecular formula is C14H21N3O2S. The number of rotatable bonds is 2. The molecular weight excluding hydrogens is 274 g/mol. The van der Waals surface area contributed by atoms with Gasteiger partial charge in [0, 0.05) is 32.7 Å². The van der Waals surface area contributed by atoms with Crippen LogP contribution >= 0.6 is 0 Å². The van der Waals surface area contributed by atoms with Gasteiger partial charge in [-0.25, -0.2) is 0 Å². The first-order chi connectivity index (χ1) is 9.59. The number of nitrogens with one attached hydrogen (secondary N) is 1. The maximum atomic E-state index is 12.9. The largest absolute Gasteiger partial charge is 0.314 e. The standard InChI is InChI=1S/C14H21N3O2S/c1-12-10-13-4-2-3-5-14(13)17(11-12)20(18,19)16-8-6-15-7-9-16/h2-5,12,15H,6-11H2,1H3. The van der Waals surface area contributed by atoms with Gasteiger partial charge in [0.2, 0.25) is 0 Å². The Labute approximate surface area is 120 Å². The van der Waals surface area contributed by atoms with Gasteiger partial charge < -0.3 is 5.32 Å². The number of hydrogen-bond donors (Lipinski definition) is 1. The molecule has 0 bridgehead atoms. The van der Waals surface area contributed by atoms with Gasteiger partial charge in [-0.1, -0.05) is 25.1 Å². The number of benzene rings is 1. The van der Waals surface area contributed by atoms with Crippen LogP contribution in [0.25, 0.3) is 0 Å². The van der Waals surface area contributed by atoms with Crippen molar-refractivity contribution in [2.45, 2.75) is 13.3 Å². The lowest BCUT2D eigenvalue weighted by atomic mass is 9.96. The smallest absolute Gasteiger partial charge is 0.304 e. The van der Waals surface area contributed by atoms with E-state index in [1.54, 1.807) is 8.61 Å². The third-order valence-electron chi connectivity index (χ3n) is 3.99. The van der Waals surface area contributed by atoms with E-state index in [4.69, 9.17) is 0 Å². The first-order valence-corrected chi connectivity index (χ1v) is 8.55. The van der Waals surface area contributed by atoms with Crippen LogP contribution in [0.4, 0.5) is 5.69 Å². The molecule has 0 radical (unpaired) electrons. The molecule has 0 saturated carbocycles. The van der Waals surface area contributed by atoms with Crippen LogP contribution < -0.4 is 9.62 Å². The molecule has 6 heteroatoms.